The van der Waals surface area contributed by atoms with Gasteiger partial charge in [-0.25, -0.2) is 4.79 Å². The van der Waals surface area contributed by atoms with Gasteiger partial charge in [0.2, 0.25) is 5.82 Å². The molecule has 9 nitrogen and oxygen atoms in total. The highest BCUT2D eigenvalue weighted by atomic mass is 16.5. The van der Waals surface area contributed by atoms with E-state index in [2.05, 4.69) is 21.5 Å². The second-order valence-corrected chi connectivity index (χ2v) is 5.64. The number of tetrazole rings is 1. The summed E-state index contributed by atoms with van der Waals surface area (Å²) in [6.45, 7) is -0.200. The van der Waals surface area contributed by atoms with Crippen LogP contribution in [-0.2, 0) is 22.7 Å². The number of hydrogen-bond donors (Lipinski definition) is 0. The Morgan fingerprint density at radius 2 is 1.93 bits per heavy atom. The van der Waals surface area contributed by atoms with Gasteiger partial charge in [0.05, 0.1) is 25.9 Å². The lowest BCUT2D eigenvalue weighted by Gasteiger charge is -2.07. The maximum Gasteiger partial charge on any atom is 0.330 e. The molecule has 0 aliphatic rings. The highest BCUT2D eigenvalue weighted by Gasteiger charge is 2.13. The smallest absolute Gasteiger partial charge is 0.330 e. The molecule has 0 saturated carbocycles. The van der Waals surface area contributed by atoms with E-state index in [1.54, 1.807) is 49.6 Å². The Morgan fingerprint density at radius 1 is 1.14 bits per heavy atom. The van der Waals surface area contributed by atoms with E-state index in [1.807, 2.05) is 0 Å². The number of ether oxygens (including phenoxy) is 3. The van der Waals surface area contributed by atoms with Crippen LogP contribution in [0, 0.1) is 11.3 Å². The number of hydrogen-bond acceptors (Lipinski definition) is 8. The molecule has 0 N–H and O–H groups in total. The molecule has 0 radical (unpaired) electrons. The molecule has 0 fully saturated rings. The van der Waals surface area contributed by atoms with Crippen LogP contribution in [0.4, 0.5) is 0 Å². The average molecular weight is 379 g/mol. The number of rotatable bonds is 7. The highest BCUT2D eigenvalue weighted by Crippen LogP contribution is 2.30. The van der Waals surface area contributed by atoms with Crippen molar-refractivity contribution in [3.63, 3.8) is 0 Å². The molecule has 3 aromatic rings. The lowest BCUT2D eigenvalue weighted by Crippen LogP contribution is -2.16. The monoisotopic (exact) mass is 379 g/mol. The van der Waals surface area contributed by atoms with Gasteiger partial charge in [-0.3, -0.25) is 0 Å². The molecule has 0 amide bonds. The van der Waals surface area contributed by atoms with E-state index in [0.717, 1.165) is 4.80 Å². The number of aromatic nitrogens is 4. The van der Waals surface area contributed by atoms with Crippen molar-refractivity contribution in [1.29, 1.82) is 5.26 Å². The quantitative estimate of drug-likeness (QED) is 0.573. The van der Waals surface area contributed by atoms with E-state index >= 15 is 0 Å². The Balaban J connectivity index is 1.64. The molecule has 0 saturated heterocycles. The number of benzene rings is 2. The first-order valence-corrected chi connectivity index (χ1v) is 8.28. The number of carbonyl (C=O) groups excluding carboxylic acids is 1. The van der Waals surface area contributed by atoms with Gasteiger partial charge in [-0.15, -0.1) is 10.2 Å². The lowest BCUT2D eigenvalue weighted by atomic mass is 10.1. The SMILES string of the molecule is COc1ccc(-c2nnn(CC(=O)OCc3ccccc3C#N)n2)cc1OC. The predicted octanol–water partition coefficient (Wildman–Crippen LogP) is 1.97. The molecule has 0 aliphatic carbocycles. The molecule has 1 aromatic heterocycles. The normalized spacial score (nSPS) is 10.2. The summed E-state index contributed by atoms with van der Waals surface area (Å²) in [6.07, 6.45) is 0. The Kier molecular flexibility index (Phi) is 5.81. The van der Waals surface area contributed by atoms with Crippen molar-refractivity contribution in [3.8, 4) is 29.0 Å². The molecule has 0 atom stereocenters. The van der Waals surface area contributed by atoms with Crippen molar-refractivity contribution in [1.82, 2.24) is 20.2 Å². The summed E-state index contributed by atoms with van der Waals surface area (Å²) >= 11 is 0. The number of methoxy groups -OCH3 is 2. The van der Waals surface area contributed by atoms with Gasteiger partial charge in [0.1, 0.15) is 6.61 Å². The van der Waals surface area contributed by atoms with Crippen LogP contribution in [0.5, 0.6) is 11.5 Å². The fraction of sp³-hybridized carbons (Fsp3) is 0.211. The van der Waals surface area contributed by atoms with Crippen LogP contribution < -0.4 is 9.47 Å². The first kappa shape index (κ1) is 18.8. The molecule has 9 heteroatoms. The standard InChI is InChI=1S/C19H17N5O4/c1-26-16-8-7-13(9-17(16)27-2)19-21-23-24(22-19)11-18(25)28-12-15-6-4-3-5-14(15)10-20/h3-9H,11-12H2,1-2H3. The van der Waals surface area contributed by atoms with Gasteiger partial charge < -0.3 is 14.2 Å². The van der Waals surface area contributed by atoms with E-state index in [4.69, 9.17) is 19.5 Å². The maximum absolute atomic E-state index is 12.0. The largest absolute Gasteiger partial charge is 0.493 e. The Hall–Kier alpha value is -3.93. The van der Waals surface area contributed by atoms with Crippen molar-refractivity contribution < 1.29 is 19.0 Å². The molecule has 0 aliphatic heterocycles. The molecule has 0 unspecified atom stereocenters. The summed E-state index contributed by atoms with van der Waals surface area (Å²) in [4.78, 5) is 13.2. The van der Waals surface area contributed by atoms with Gasteiger partial charge >= 0.3 is 5.97 Å². The van der Waals surface area contributed by atoms with Crippen molar-refractivity contribution in [2.45, 2.75) is 13.2 Å². The van der Waals surface area contributed by atoms with Gasteiger partial charge in [-0.05, 0) is 29.5 Å². The highest BCUT2D eigenvalue weighted by molar-refractivity contribution is 5.69. The van der Waals surface area contributed by atoms with Gasteiger partial charge in [0.15, 0.2) is 18.0 Å². The zero-order valence-corrected chi connectivity index (χ0v) is 15.3. The minimum atomic E-state index is -0.538. The van der Waals surface area contributed by atoms with Crippen molar-refractivity contribution in [3.05, 3.63) is 53.6 Å². The van der Waals surface area contributed by atoms with Crippen molar-refractivity contribution in [2.24, 2.45) is 0 Å². The van der Waals surface area contributed by atoms with Gasteiger partial charge in [-0.2, -0.15) is 10.1 Å². The van der Waals surface area contributed by atoms with Crippen LogP contribution in [-0.4, -0.2) is 40.4 Å². The Bertz CT molecular complexity index is 1030. The summed E-state index contributed by atoms with van der Waals surface area (Å²) < 4.78 is 15.7. The first-order valence-electron chi connectivity index (χ1n) is 8.28. The summed E-state index contributed by atoms with van der Waals surface area (Å²) in [7, 11) is 3.08. The van der Waals surface area contributed by atoms with Crippen LogP contribution in [0.25, 0.3) is 11.4 Å². The maximum atomic E-state index is 12.0. The zero-order valence-electron chi connectivity index (χ0n) is 15.3. The number of esters is 1. The summed E-state index contributed by atoms with van der Waals surface area (Å²) in [5, 5.41) is 21.1. The van der Waals surface area contributed by atoms with Crippen LogP contribution in [0.1, 0.15) is 11.1 Å². The molecule has 1 heterocycles. The second-order valence-electron chi connectivity index (χ2n) is 5.64. The Morgan fingerprint density at radius 3 is 2.68 bits per heavy atom. The molecule has 3 rings (SSSR count). The lowest BCUT2D eigenvalue weighted by molar-refractivity contribution is -0.146. The third-order valence-corrected chi connectivity index (χ3v) is 3.89. The molecule has 0 bridgehead atoms. The number of nitrogens with zero attached hydrogens (tertiary/aromatic N) is 5. The minimum Gasteiger partial charge on any atom is -0.493 e. The van der Waals surface area contributed by atoms with Gasteiger partial charge in [-0.1, -0.05) is 18.2 Å². The van der Waals surface area contributed by atoms with Crippen LogP contribution >= 0.6 is 0 Å². The molecule has 142 valence electrons. The van der Waals surface area contributed by atoms with Crippen molar-refractivity contribution >= 4 is 5.97 Å². The van der Waals surface area contributed by atoms with Crippen LogP contribution in [0.2, 0.25) is 0 Å². The molecule has 0 spiro atoms. The number of nitriles is 1. The Labute approximate surface area is 161 Å². The average Bonchev–Trinajstić information content (AvgIpc) is 3.20. The number of carbonyl (C=O) groups is 1. The van der Waals surface area contributed by atoms with Gasteiger partial charge in [0.25, 0.3) is 0 Å². The fourth-order valence-corrected chi connectivity index (χ4v) is 2.48. The van der Waals surface area contributed by atoms with E-state index in [-0.39, 0.29) is 13.2 Å². The second kappa shape index (κ2) is 8.64. The van der Waals surface area contributed by atoms with E-state index < -0.39 is 5.97 Å². The molecular weight excluding hydrogens is 362 g/mol. The van der Waals surface area contributed by atoms with E-state index in [0.29, 0.717) is 34.0 Å². The van der Waals surface area contributed by atoms with E-state index in [1.165, 1.54) is 7.11 Å². The van der Waals surface area contributed by atoms with Crippen molar-refractivity contribution in [2.75, 3.05) is 14.2 Å². The van der Waals surface area contributed by atoms with Crippen LogP contribution in [0.3, 0.4) is 0 Å². The van der Waals surface area contributed by atoms with Crippen LogP contribution in [0.15, 0.2) is 42.5 Å². The third kappa shape index (κ3) is 4.24. The minimum absolute atomic E-state index is 0.000199. The third-order valence-electron chi connectivity index (χ3n) is 3.89. The molecule has 28 heavy (non-hydrogen) atoms. The first-order chi connectivity index (χ1) is 13.6. The summed E-state index contributed by atoms with van der Waals surface area (Å²) in [5.41, 5.74) is 1.76. The predicted molar refractivity (Wildman–Crippen MR) is 97.3 cm³/mol. The molecular formula is C19H17N5O4. The molecule has 2 aromatic carbocycles. The fourth-order valence-electron chi connectivity index (χ4n) is 2.48. The topological polar surface area (TPSA) is 112 Å². The zero-order chi connectivity index (χ0) is 19.9. The van der Waals surface area contributed by atoms with E-state index in [9.17, 15) is 4.79 Å². The van der Waals surface area contributed by atoms with Gasteiger partial charge in [0, 0.05) is 11.1 Å². The summed E-state index contributed by atoms with van der Waals surface area (Å²) in [5.74, 6) is 0.916. The summed E-state index contributed by atoms with van der Waals surface area (Å²) in [6, 6.07) is 14.2.